The van der Waals surface area contributed by atoms with Crippen LogP contribution in [0.5, 0.6) is 0 Å². The van der Waals surface area contributed by atoms with Gasteiger partial charge in [-0.05, 0) is 31.2 Å². The first-order valence-electron chi connectivity index (χ1n) is 7.57. The minimum Gasteiger partial charge on any atom is -0.481 e. The van der Waals surface area contributed by atoms with Crippen LogP contribution >= 0.6 is 0 Å². The summed E-state index contributed by atoms with van der Waals surface area (Å²) in [6.45, 7) is 4.09. The van der Waals surface area contributed by atoms with Crippen molar-refractivity contribution in [3.8, 4) is 0 Å². The van der Waals surface area contributed by atoms with E-state index in [0.29, 0.717) is 24.8 Å². The van der Waals surface area contributed by atoms with Crippen molar-refractivity contribution in [3.05, 3.63) is 27.2 Å². The van der Waals surface area contributed by atoms with Gasteiger partial charge in [0.25, 0.3) is 5.56 Å². The number of aromatic amines is 1. The summed E-state index contributed by atoms with van der Waals surface area (Å²) < 4.78 is 0. The lowest BCUT2D eigenvalue weighted by atomic mass is 10.0. The van der Waals surface area contributed by atoms with Crippen molar-refractivity contribution < 1.29 is 14.7 Å². The molecule has 0 aliphatic carbocycles. The number of carbonyl (C=O) groups excluding carboxylic acids is 1. The Balaban J connectivity index is 2.59. The summed E-state index contributed by atoms with van der Waals surface area (Å²) in [5.41, 5.74) is 2.00. The molecule has 7 nitrogen and oxygen atoms in total. The highest BCUT2D eigenvalue weighted by atomic mass is 16.4. The highest BCUT2D eigenvalue weighted by Crippen LogP contribution is 2.10. The van der Waals surface area contributed by atoms with Gasteiger partial charge in [0.2, 0.25) is 5.91 Å². The fourth-order valence-electron chi connectivity index (χ4n) is 2.30. The number of carboxylic acids is 1. The average molecular weight is 309 g/mol. The molecule has 0 saturated heterocycles. The van der Waals surface area contributed by atoms with Gasteiger partial charge in [-0.1, -0.05) is 13.8 Å². The van der Waals surface area contributed by atoms with Crippen LogP contribution in [0.1, 0.15) is 56.4 Å². The molecule has 1 aromatic heterocycles. The molecule has 0 saturated carbocycles. The number of unbranched alkanes of at least 4 members (excludes halogenated alkanes) is 1. The number of nitrogens with one attached hydrogen (secondary N) is 2. The Kier molecular flexibility index (Phi) is 7.28. The van der Waals surface area contributed by atoms with Crippen LogP contribution in [0.25, 0.3) is 0 Å². The van der Waals surface area contributed by atoms with E-state index in [1.807, 2.05) is 13.8 Å². The molecule has 0 bridgehead atoms. The molecular formula is C15H23N3O4. The van der Waals surface area contributed by atoms with E-state index in [2.05, 4.69) is 15.5 Å². The Morgan fingerprint density at radius 2 is 1.82 bits per heavy atom. The number of aryl methyl sites for hydroxylation is 1. The molecule has 7 heteroatoms. The summed E-state index contributed by atoms with van der Waals surface area (Å²) in [6, 6.07) is 0. The number of hydrogen-bond acceptors (Lipinski definition) is 4. The number of aliphatic carboxylic acids is 1. The molecule has 122 valence electrons. The number of aromatic nitrogens is 2. The first-order valence-corrected chi connectivity index (χ1v) is 7.57. The molecule has 22 heavy (non-hydrogen) atoms. The number of carboxylic acid groups (broad SMARTS) is 1. The monoisotopic (exact) mass is 309 g/mol. The molecule has 0 aliphatic rings. The maximum Gasteiger partial charge on any atom is 0.303 e. The van der Waals surface area contributed by atoms with Gasteiger partial charge in [0.15, 0.2) is 0 Å². The summed E-state index contributed by atoms with van der Waals surface area (Å²) in [5.74, 6) is -1.04. The van der Waals surface area contributed by atoms with E-state index >= 15 is 0 Å². The Morgan fingerprint density at radius 3 is 2.41 bits per heavy atom. The number of hydrogen-bond donors (Lipinski definition) is 3. The third kappa shape index (κ3) is 5.31. The molecule has 1 rings (SSSR count). The van der Waals surface area contributed by atoms with Crippen LogP contribution in [0.15, 0.2) is 4.79 Å². The average Bonchev–Trinajstić information content (AvgIpc) is 2.49. The van der Waals surface area contributed by atoms with Crippen LogP contribution in [-0.2, 0) is 29.0 Å². The van der Waals surface area contributed by atoms with Crippen LogP contribution < -0.4 is 10.9 Å². The smallest absolute Gasteiger partial charge is 0.303 e. The summed E-state index contributed by atoms with van der Waals surface area (Å²) in [5, 5.41) is 17.7. The maximum absolute atomic E-state index is 11.9. The first-order chi connectivity index (χ1) is 10.5. The Labute approximate surface area is 129 Å². The van der Waals surface area contributed by atoms with Crippen molar-refractivity contribution in [2.75, 3.05) is 0 Å². The lowest BCUT2D eigenvalue weighted by molar-refractivity contribution is -0.137. The first kappa shape index (κ1) is 17.9. The van der Waals surface area contributed by atoms with E-state index in [4.69, 9.17) is 5.11 Å². The molecule has 0 radical (unpaired) electrons. The third-order valence-electron chi connectivity index (χ3n) is 3.47. The van der Waals surface area contributed by atoms with Gasteiger partial charge in [0.05, 0.1) is 5.69 Å². The zero-order chi connectivity index (χ0) is 16.5. The van der Waals surface area contributed by atoms with Crippen molar-refractivity contribution in [1.82, 2.24) is 15.5 Å². The zero-order valence-electron chi connectivity index (χ0n) is 13.1. The second-order valence-corrected chi connectivity index (χ2v) is 5.04. The van der Waals surface area contributed by atoms with E-state index in [1.54, 1.807) is 0 Å². The van der Waals surface area contributed by atoms with Crippen molar-refractivity contribution in [2.45, 2.75) is 58.9 Å². The maximum atomic E-state index is 11.9. The van der Waals surface area contributed by atoms with E-state index < -0.39 is 5.97 Å². The lowest BCUT2D eigenvalue weighted by Crippen LogP contribution is -2.29. The minimum absolute atomic E-state index is 0.0666. The van der Waals surface area contributed by atoms with Gasteiger partial charge in [-0.2, -0.15) is 5.10 Å². The van der Waals surface area contributed by atoms with Crippen molar-refractivity contribution in [3.63, 3.8) is 0 Å². The molecule has 0 aliphatic heterocycles. The summed E-state index contributed by atoms with van der Waals surface area (Å²) >= 11 is 0. The van der Waals surface area contributed by atoms with Crippen LogP contribution in [-0.4, -0.2) is 27.2 Å². The predicted octanol–water partition coefficient (Wildman–Crippen LogP) is 1.16. The van der Waals surface area contributed by atoms with Gasteiger partial charge < -0.3 is 10.4 Å². The topological polar surface area (TPSA) is 112 Å². The highest BCUT2D eigenvalue weighted by molar-refractivity contribution is 5.76. The van der Waals surface area contributed by atoms with E-state index in [-0.39, 0.29) is 30.9 Å². The van der Waals surface area contributed by atoms with Crippen molar-refractivity contribution >= 4 is 11.9 Å². The van der Waals surface area contributed by atoms with Crippen LogP contribution in [0.3, 0.4) is 0 Å². The zero-order valence-corrected chi connectivity index (χ0v) is 13.1. The number of carbonyl (C=O) groups is 2. The fourth-order valence-corrected chi connectivity index (χ4v) is 2.30. The van der Waals surface area contributed by atoms with Crippen LogP contribution in [0, 0.1) is 0 Å². The molecule has 0 fully saturated rings. The van der Waals surface area contributed by atoms with Gasteiger partial charge >= 0.3 is 5.97 Å². The minimum atomic E-state index is -0.858. The third-order valence-corrected chi connectivity index (χ3v) is 3.47. The van der Waals surface area contributed by atoms with Gasteiger partial charge in [0.1, 0.15) is 0 Å². The lowest BCUT2D eigenvalue weighted by Gasteiger charge is -2.11. The van der Waals surface area contributed by atoms with E-state index in [9.17, 15) is 14.4 Å². The highest BCUT2D eigenvalue weighted by Gasteiger charge is 2.12. The van der Waals surface area contributed by atoms with Crippen molar-refractivity contribution in [2.24, 2.45) is 0 Å². The molecule has 0 aromatic carbocycles. The van der Waals surface area contributed by atoms with Gasteiger partial charge in [-0.3, -0.25) is 14.4 Å². The number of amides is 1. The molecule has 1 aromatic rings. The quantitative estimate of drug-likeness (QED) is 0.592. The molecule has 0 spiro atoms. The second kappa shape index (κ2) is 8.96. The Hall–Kier alpha value is -2.18. The van der Waals surface area contributed by atoms with Gasteiger partial charge in [-0.25, -0.2) is 5.10 Å². The standard InChI is InChI=1S/C15H23N3O4/c1-3-10-11(15(22)18-17-12(10)4-2)9-16-13(19)7-5-6-8-14(20)21/h3-9H2,1-2H3,(H,16,19)(H,18,22)(H,20,21). The van der Waals surface area contributed by atoms with E-state index in [0.717, 1.165) is 17.7 Å². The Bertz CT molecular complexity index is 581. The molecule has 1 heterocycles. The molecule has 0 unspecified atom stereocenters. The summed E-state index contributed by atoms with van der Waals surface area (Å²) in [7, 11) is 0. The van der Waals surface area contributed by atoms with Crippen LogP contribution in [0.2, 0.25) is 0 Å². The predicted molar refractivity (Wildman–Crippen MR) is 81.6 cm³/mol. The number of H-pyrrole nitrogens is 1. The summed E-state index contributed by atoms with van der Waals surface area (Å²) in [6.07, 6.45) is 2.72. The SMILES string of the molecule is CCc1n[nH]c(=O)c(CNC(=O)CCCCC(=O)O)c1CC. The fraction of sp³-hybridized carbons (Fsp3) is 0.600. The second-order valence-electron chi connectivity index (χ2n) is 5.04. The van der Waals surface area contributed by atoms with Gasteiger partial charge in [0, 0.05) is 24.9 Å². The largest absolute Gasteiger partial charge is 0.481 e. The molecule has 3 N–H and O–H groups in total. The summed E-state index contributed by atoms with van der Waals surface area (Å²) in [4.78, 5) is 34.0. The van der Waals surface area contributed by atoms with Crippen LogP contribution in [0.4, 0.5) is 0 Å². The molecule has 0 atom stereocenters. The normalized spacial score (nSPS) is 10.5. The van der Waals surface area contributed by atoms with Crippen molar-refractivity contribution in [1.29, 1.82) is 0 Å². The molecule has 1 amide bonds. The number of nitrogens with zero attached hydrogens (tertiary/aromatic N) is 1. The number of rotatable bonds is 9. The molecular weight excluding hydrogens is 286 g/mol. The van der Waals surface area contributed by atoms with E-state index in [1.165, 1.54) is 0 Å². The van der Waals surface area contributed by atoms with Gasteiger partial charge in [-0.15, -0.1) is 0 Å². The Morgan fingerprint density at radius 1 is 1.14 bits per heavy atom.